The van der Waals surface area contributed by atoms with Crippen molar-refractivity contribution >= 4 is 6.03 Å². The molecule has 148 valence electrons. The summed E-state index contributed by atoms with van der Waals surface area (Å²) >= 11 is 0. The Hall–Kier alpha value is -0.810. The Balaban J connectivity index is 1.29. The topological polar surface area (TPSA) is 53.6 Å². The maximum Gasteiger partial charge on any atom is 0.315 e. The predicted molar refractivity (Wildman–Crippen MR) is 103 cm³/mol. The van der Waals surface area contributed by atoms with Gasteiger partial charge < -0.3 is 15.4 Å². The van der Waals surface area contributed by atoms with Crippen molar-refractivity contribution in [2.75, 3.05) is 32.8 Å². The van der Waals surface area contributed by atoms with Crippen LogP contribution in [0, 0.1) is 23.2 Å². The third kappa shape index (κ3) is 3.62. The van der Waals surface area contributed by atoms with Crippen LogP contribution in [0.25, 0.3) is 0 Å². The maximum atomic E-state index is 12.6. The zero-order valence-corrected chi connectivity index (χ0v) is 16.9. The third-order valence-corrected chi connectivity index (χ3v) is 7.90. The number of ether oxygens (including phenoxy) is 1. The van der Waals surface area contributed by atoms with Gasteiger partial charge in [-0.25, -0.2) is 4.79 Å². The van der Waals surface area contributed by atoms with Crippen molar-refractivity contribution < 1.29 is 9.53 Å². The van der Waals surface area contributed by atoms with E-state index in [1.54, 1.807) is 0 Å². The zero-order chi connectivity index (χ0) is 18.4. The highest BCUT2D eigenvalue weighted by Crippen LogP contribution is 2.61. The molecule has 1 aliphatic heterocycles. The van der Waals surface area contributed by atoms with Crippen molar-refractivity contribution in [3.05, 3.63) is 0 Å². The van der Waals surface area contributed by atoms with E-state index in [-0.39, 0.29) is 17.6 Å². The average Bonchev–Trinajstić information content (AvgIpc) is 2.60. The largest absolute Gasteiger partial charge is 0.379 e. The molecular formula is C21H37N3O2. The molecule has 5 fully saturated rings. The van der Waals surface area contributed by atoms with Crippen LogP contribution in [0.1, 0.15) is 59.3 Å². The molecule has 5 nitrogen and oxygen atoms in total. The smallest absolute Gasteiger partial charge is 0.315 e. The van der Waals surface area contributed by atoms with Crippen LogP contribution in [0.3, 0.4) is 0 Å². The molecule has 0 aromatic heterocycles. The molecule has 5 heteroatoms. The lowest BCUT2D eigenvalue weighted by Crippen LogP contribution is -2.59. The minimum absolute atomic E-state index is 0.00887. The molecule has 4 saturated carbocycles. The minimum atomic E-state index is -0.0367. The summed E-state index contributed by atoms with van der Waals surface area (Å²) in [7, 11) is 0. The van der Waals surface area contributed by atoms with Gasteiger partial charge in [0.05, 0.1) is 13.2 Å². The zero-order valence-electron chi connectivity index (χ0n) is 16.9. The fraction of sp³-hybridized carbons (Fsp3) is 0.952. The monoisotopic (exact) mass is 363 g/mol. The standard InChI is InChI=1S/C21H37N3O2/c1-15(21-11-16-8-17(12-21)10-18(9-16)13-21)23-19(25)22-14-20(2,3)24-4-6-26-7-5-24/h15-18H,4-14H2,1-3H3,(H2,22,23,25)/t15-,16?,17?,18?,21?/m1/s1. The highest BCUT2D eigenvalue weighted by molar-refractivity contribution is 5.74. The van der Waals surface area contributed by atoms with Gasteiger partial charge in [0.25, 0.3) is 0 Å². The van der Waals surface area contributed by atoms with E-state index in [1.165, 1.54) is 38.5 Å². The average molecular weight is 364 g/mol. The first-order valence-electron chi connectivity index (χ1n) is 10.7. The second-order valence-corrected chi connectivity index (χ2v) is 10.2. The Kier molecular flexibility index (Phi) is 4.98. The Morgan fingerprint density at radius 2 is 1.65 bits per heavy atom. The highest BCUT2D eigenvalue weighted by Gasteiger charge is 2.53. The second kappa shape index (κ2) is 6.97. The van der Waals surface area contributed by atoms with Gasteiger partial charge >= 0.3 is 6.03 Å². The van der Waals surface area contributed by atoms with Crippen LogP contribution in [0.2, 0.25) is 0 Å². The summed E-state index contributed by atoms with van der Waals surface area (Å²) in [4.78, 5) is 15.0. The molecule has 0 spiro atoms. The van der Waals surface area contributed by atoms with Gasteiger partial charge in [-0.2, -0.15) is 0 Å². The Morgan fingerprint density at radius 1 is 1.12 bits per heavy atom. The van der Waals surface area contributed by atoms with Crippen molar-refractivity contribution in [2.45, 2.75) is 70.9 Å². The van der Waals surface area contributed by atoms with Gasteiger partial charge in [0, 0.05) is 31.2 Å². The quantitative estimate of drug-likeness (QED) is 0.789. The minimum Gasteiger partial charge on any atom is -0.379 e. The number of hydrogen-bond donors (Lipinski definition) is 2. The van der Waals surface area contributed by atoms with Gasteiger partial charge in [0.15, 0.2) is 0 Å². The number of hydrogen-bond acceptors (Lipinski definition) is 3. The molecule has 4 aliphatic carbocycles. The van der Waals surface area contributed by atoms with E-state index in [9.17, 15) is 4.79 Å². The van der Waals surface area contributed by atoms with Crippen molar-refractivity contribution in [3.63, 3.8) is 0 Å². The summed E-state index contributed by atoms with van der Waals surface area (Å²) in [6, 6.07) is 0.289. The molecule has 4 bridgehead atoms. The van der Waals surface area contributed by atoms with Crippen molar-refractivity contribution in [2.24, 2.45) is 23.2 Å². The molecule has 5 aliphatic rings. The Bertz CT molecular complexity index is 492. The predicted octanol–water partition coefficient (Wildman–Crippen LogP) is 3.00. The lowest BCUT2D eigenvalue weighted by Gasteiger charge is -2.59. The van der Waals surface area contributed by atoms with Gasteiger partial charge in [0.2, 0.25) is 0 Å². The van der Waals surface area contributed by atoms with Gasteiger partial charge in [-0.3, -0.25) is 4.90 Å². The molecular weight excluding hydrogens is 326 g/mol. The van der Waals surface area contributed by atoms with E-state index in [1.807, 2.05) is 0 Å². The van der Waals surface area contributed by atoms with Crippen LogP contribution in [-0.4, -0.2) is 55.4 Å². The second-order valence-electron chi connectivity index (χ2n) is 10.2. The SMILES string of the molecule is C[C@@H](NC(=O)NCC(C)(C)N1CCOCC1)C12CC3CC(CC(C3)C1)C2. The summed E-state index contributed by atoms with van der Waals surface area (Å²) in [5, 5.41) is 6.47. The molecule has 0 radical (unpaired) electrons. The van der Waals surface area contributed by atoms with Crippen LogP contribution in [0.5, 0.6) is 0 Å². The fourth-order valence-electron chi connectivity index (χ4n) is 6.69. The lowest BCUT2D eigenvalue weighted by atomic mass is 9.48. The van der Waals surface area contributed by atoms with E-state index in [0.29, 0.717) is 12.0 Å². The summed E-state index contributed by atoms with van der Waals surface area (Å²) < 4.78 is 5.45. The molecule has 1 saturated heterocycles. The highest BCUT2D eigenvalue weighted by atomic mass is 16.5. The number of carbonyl (C=O) groups excluding carboxylic acids is 1. The van der Waals surface area contributed by atoms with Crippen molar-refractivity contribution in [3.8, 4) is 0 Å². The summed E-state index contributed by atoms with van der Waals surface area (Å²) in [5.74, 6) is 2.77. The summed E-state index contributed by atoms with van der Waals surface area (Å²) in [6.45, 7) is 10.8. The van der Waals surface area contributed by atoms with Crippen molar-refractivity contribution in [1.29, 1.82) is 0 Å². The molecule has 1 heterocycles. The molecule has 0 unspecified atom stereocenters. The molecule has 1 atom stereocenters. The summed E-state index contributed by atoms with van der Waals surface area (Å²) in [6.07, 6.45) is 8.35. The maximum absolute atomic E-state index is 12.6. The first-order chi connectivity index (χ1) is 12.4. The Labute approximate surface area is 158 Å². The number of nitrogens with zero attached hydrogens (tertiary/aromatic N) is 1. The number of carbonyl (C=O) groups is 1. The first kappa shape index (κ1) is 18.5. The fourth-order valence-corrected chi connectivity index (χ4v) is 6.69. The van der Waals surface area contributed by atoms with Crippen LogP contribution < -0.4 is 10.6 Å². The molecule has 2 N–H and O–H groups in total. The molecule has 5 rings (SSSR count). The number of morpholine rings is 1. The van der Waals surface area contributed by atoms with E-state index in [4.69, 9.17) is 4.74 Å². The van der Waals surface area contributed by atoms with E-state index < -0.39 is 0 Å². The van der Waals surface area contributed by atoms with Crippen LogP contribution in [0.4, 0.5) is 4.79 Å². The molecule has 2 amide bonds. The van der Waals surface area contributed by atoms with Gasteiger partial charge in [-0.1, -0.05) is 0 Å². The van der Waals surface area contributed by atoms with Gasteiger partial charge in [0.1, 0.15) is 0 Å². The van der Waals surface area contributed by atoms with Gasteiger partial charge in [-0.05, 0) is 82.5 Å². The number of amides is 2. The molecule has 0 aromatic carbocycles. The number of rotatable bonds is 5. The van der Waals surface area contributed by atoms with Crippen molar-refractivity contribution in [1.82, 2.24) is 15.5 Å². The van der Waals surface area contributed by atoms with Crippen LogP contribution >= 0.6 is 0 Å². The molecule has 26 heavy (non-hydrogen) atoms. The van der Waals surface area contributed by atoms with E-state index in [0.717, 1.165) is 44.1 Å². The van der Waals surface area contributed by atoms with Gasteiger partial charge in [-0.15, -0.1) is 0 Å². The Morgan fingerprint density at radius 3 is 2.19 bits per heavy atom. The van der Waals surface area contributed by atoms with E-state index in [2.05, 4.69) is 36.3 Å². The molecule has 0 aromatic rings. The van der Waals surface area contributed by atoms with E-state index >= 15 is 0 Å². The number of nitrogens with one attached hydrogen (secondary N) is 2. The first-order valence-corrected chi connectivity index (χ1v) is 10.7. The van der Waals surface area contributed by atoms with Crippen LogP contribution in [0.15, 0.2) is 0 Å². The van der Waals surface area contributed by atoms with Crippen LogP contribution in [-0.2, 0) is 4.74 Å². The normalized spacial score (nSPS) is 38.2. The third-order valence-electron chi connectivity index (χ3n) is 7.90. The number of urea groups is 1. The summed E-state index contributed by atoms with van der Waals surface area (Å²) in [5.41, 5.74) is 0.330. The lowest BCUT2D eigenvalue weighted by molar-refractivity contribution is -0.0682.